The molecule has 0 saturated heterocycles. The maximum atomic E-state index is 12.6. The van der Waals surface area contributed by atoms with Crippen LogP contribution in [0.15, 0.2) is 47.4 Å². The van der Waals surface area contributed by atoms with E-state index in [1.165, 1.54) is 25.3 Å². The molecule has 0 saturated carbocycles. The monoisotopic (exact) mass is 406 g/mol. The minimum absolute atomic E-state index is 0.0655. The van der Waals surface area contributed by atoms with Crippen molar-refractivity contribution in [3.63, 3.8) is 0 Å². The molecule has 2 aromatic rings. The number of nitrogens with two attached hydrogens (primary N) is 1. The number of hydrogen-bond acceptors (Lipinski definition) is 6. The van der Waals surface area contributed by atoms with E-state index < -0.39 is 21.9 Å². The number of carbonyl (C=O) groups excluding carboxylic acids is 2. The van der Waals surface area contributed by atoms with Gasteiger partial charge in [-0.05, 0) is 49.2 Å². The highest BCUT2D eigenvalue weighted by atomic mass is 32.2. The fourth-order valence-corrected chi connectivity index (χ4v) is 3.69. The Labute approximate surface area is 163 Å². The summed E-state index contributed by atoms with van der Waals surface area (Å²) in [6.07, 6.45) is 0.403. The largest absolute Gasteiger partial charge is 0.495 e. The van der Waals surface area contributed by atoms with Crippen molar-refractivity contribution in [2.45, 2.75) is 18.2 Å². The quantitative estimate of drug-likeness (QED) is 0.608. The van der Waals surface area contributed by atoms with Crippen LogP contribution in [0.3, 0.4) is 0 Å². The fraction of sp³-hybridized carbons (Fsp3) is 0.263. The van der Waals surface area contributed by atoms with Gasteiger partial charge in [-0.3, -0.25) is 4.79 Å². The lowest BCUT2D eigenvalue weighted by Crippen LogP contribution is -2.27. The summed E-state index contributed by atoms with van der Waals surface area (Å²) >= 11 is 0. The van der Waals surface area contributed by atoms with Gasteiger partial charge in [-0.2, -0.15) is 0 Å². The van der Waals surface area contributed by atoms with Crippen molar-refractivity contribution < 1.29 is 27.5 Å². The molecule has 0 fully saturated rings. The zero-order valence-corrected chi connectivity index (χ0v) is 16.4. The third-order valence-corrected chi connectivity index (χ3v) is 5.39. The van der Waals surface area contributed by atoms with Crippen LogP contribution in [0, 0.1) is 0 Å². The van der Waals surface area contributed by atoms with Gasteiger partial charge >= 0.3 is 5.97 Å². The number of rotatable bonds is 9. The first-order chi connectivity index (χ1) is 13.3. The van der Waals surface area contributed by atoms with E-state index in [1.807, 2.05) is 0 Å². The second kappa shape index (κ2) is 9.34. The number of amides is 1. The molecule has 0 unspecified atom stereocenters. The Morgan fingerprint density at radius 2 is 1.71 bits per heavy atom. The zero-order chi connectivity index (χ0) is 20.7. The summed E-state index contributed by atoms with van der Waals surface area (Å²) in [6.45, 7) is 2.14. The molecule has 0 aromatic heterocycles. The predicted molar refractivity (Wildman–Crippen MR) is 103 cm³/mol. The highest BCUT2D eigenvalue weighted by Gasteiger charge is 2.21. The van der Waals surface area contributed by atoms with Gasteiger partial charge in [0.2, 0.25) is 15.9 Å². The molecule has 0 spiro atoms. The van der Waals surface area contributed by atoms with E-state index in [-0.39, 0.29) is 22.8 Å². The number of benzene rings is 2. The Bertz CT molecular complexity index is 955. The zero-order valence-electron chi connectivity index (χ0n) is 15.6. The predicted octanol–water partition coefficient (Wildman–Crippen LogP) is 1.49. The molecule has 150 valence electrons. The van der Waals surface area contributed by atoms with Crippen molar-refractivity contribution in [2.24, 2.45) is 5.73 Å². The molecule has 28 heavy (non-hydrogen) atoms. The van der Waals surface area contributed by atoms with Crippen LogP contribution in [0.4, 0.5) is 0 Å². The molecule has 2 rings (SSSR count). The van der Waals surface area contributed by atoms with E-state index in [0.29, 0.717) is 18.6 Å². The van der Waals surface area contributed by atoms with E-state index in [0.717, 1.165) is 5.56 Å². The molecule has 0 radical (unpaired) electrons. The van der Waals surface area contributed by atoms with Crippen molar-refractivity contribution in [1.82, 2.24) is 4.72 Å². The van der Waals surface area contributed by atoms with Gasteiger partial charge in [0.05, 0.1) is 19.3 Å². The second-order valence-corrected chi connectivity index (χ2v) is 7.53. The number of primary amides is 1. The van der Waals surface area contributed by atoms with Crippen molar-refractivity contribution in [3.05, 3.63) is 59.2 Å². The summed E-state index contributed by atoms with van der Waals surface area (Å²) < 4.78 is 37.6. The van der Waals surface area contributed by atoms with Crippen LogP contribution in [0.5, 0.6) is 5.75 Å². The number of ether oxygens (including phenoxy) is 2. The van der Waals surface area contributed by atoms with Gasteiger partial charge in [-0.15, -0.1) is 0 Å². The molecule has 0 heterocycles. The fourth-order valence-electron chi connectivity index (χ4n) is 2.47. The molecule has 0 aliphatic rings. The smallest absolute Gasteiger partial charge is 0.338 e. The van der Waals surface area contributed by atoms with Gasteiger partial charge in [-0.1, -0.05) is 12.1 Å². The highest BCUT2D eigenvalue weighted by Crippen LogP contribution is 2.24. The first kappa shape index (κ1) is 21.4. The first-order valence-corrected chi connectivity index (χ1v) is 10.0. The van der Waals surface area contributed by atoms with Crippen LogP contribution in [0.2, 0.25) is 0 Å². The lowest BCUT2D eigenvalue weighted by molar-refractivity contribution is 0.0526. The van der Waals surface area contributed by atoms with Crippen LogP contribution in [-0.2, 0) is 21.2 Å². The van der Waals surface area contributed by atoms with E-state index >= 15 is 0 Å². The van der Waals surface area contributed by atoms with Gasteiger partial charge in [0.25, 0.3) is 0 Å². The molecular weight excluding hydrogens is 384 g/mol. The number of hydrogen-bond donors (Lipinski definition) is 2. The average Bonchev–Trinajstić information content (AvgIpc) is 2.68. The van der Waals surface area contributed by atoms with Crippen LogP contribution >= 0.6 is 0 Å². The van der Waals surface area contributed by atoms with E-state index in [2.05, 4.69) is 4.72 Å². The molecule has 0 aliphatic carbocycles. The Hall–Kier alpha value is -2.91. The van der Waals surface area contributed by atoms with Gasteiger partial charge in [0, 0.05) is 12.1 Å². The van der Waals surface area contributed by atoms with Crippen LogP contribution in [0.25, 0.3) is 0 Å². The third kappa shape index (κ3) is 5.30. The van der Waals surface area contributed by atoms with Crippen molar-refractivity contribution in [2.75, 3.05) is 20.3 Å². The van der Waals surface area contributed by atoms with E-state index in [1.54, 1.807) is 31.2 Å². The third-order valence-electron chi connectivity index (χ3n) is 3.91. The summed E-state index contributed by atoms with van der Waals surface area (Å²) in [5.41, 5.74) is 6.55. The molecule has 0 bridgehead atoms. The molecular formula is C19H22N2O6S. The number of esters is 1. The minimum atomic E-state index is -3.92. The number of carbonyl (C=O) groups is 2. The Morgan fingerprint density at radius 1 is 1.07 bits per heavy atom. The van der Waals surface area contributed by atoms with E-state index in [9.17, 15) is 18.0 Å². The molecule has 0 atom stereocenters. The summed E-state index contributed by atoms with van der Waals surface area (Å²) in [6, 6.07) is 10.7. The van der Waals surface area contributed by atoms with Crippen molar-refractivity contribution in [1.29, 1.82) is 0 Å². The molecule has 0 aliphatic heterocycles. The number of sulfonamides is 1. The second-order valence-electron chi connectivity index (χ2n) is 5.80. The maximum Gasteiger partial charge on any atom is 0.338 e. The number of nitrogens with one attached hydrogen (secondary N) is 1. The summed E-state index contributed by atoms with van der Waals surface area (Å²) in [5, 5.41) is 0. The van der Waals surface area contributed by atoms with Gasteiger partial charge in [-0.25, -0.2) is 17.9 Å². The van der Waals surface area contributed by atoms with Gasteiger partial charge in [0.15, 0.2) is 0 Å². The minimum Gasteiger partial charge on any atom is -0.495 e. The van der Waals surface area contributed by atoms with Crippen molar-refractivity contribution in [3.8, 4) is 5.75 Å². The van der Waals surface area contributed by atoms with Crippen LogP contribution in [0.1, 0.15) is 33.2 Å². The summed E-state index contributed by atoms with van der Waals surface area (Å²) in [5.74, 6) is -1.03. The normalized spacial score (nSPS) is 11.1. The Balaban J connectivity index is 2.07. The highest BCUT2D eigenvalue weighted by molar-refractivity contribution is 7.89. The molecule has 3 N–H and O–H groups in total. The summed E-state index contributed by atoms with van der Waals surface area (Å²) in [7, 11) is -2.58. The van der Waals surface area contributed by atoms with Gasteiger partial charge in [0.1, 0.15) is 10.6 Å². The average molecular weight is 406 g/mol. The van der Waals surface area contributed by atoms with Gasteiger partial charge < -0.3 is 15.2 Å². The SMILES string of the molecule is CCOC(=O)c1ccc(CCNS(=O)(=O)c2cc(C(N)=O)ccc2OC)cc1. The Morgan fingerprint density at radius 3 is 2.29 bits per heavy atom. The van der Waals surface area contributed by atoms with Crippen LogP contribution in [-0.4, -0.2) is 40.6 Å². The Kier molecular flexibility index (Phi) is 7.13. The maximum absolute atomic E-state index is 12.6. The van der Waals surface area contributed by atoms with Crippen molar-refractivity contribution >= 4 is 21.9 Å². The van der Waals surface area contributed by atoms with E-state index in [4.69, 9.17) is 15.2 Å². The lowest BCUT2D eigenvalue weighted by atomic mass is 10.1. The molecule has 8 nitrogen and oxygen atoms in total. The molecule has 2 aromatic carbocycles. The molecule has 1 amide bonds. The van der Waals surface area contributed by atoms with Crippen LogP contribution < -0.4 is 15.2 Å². The summed E-state index contributed by atoms with van der Waals surface area (Å²) in [4.78, 5) is 22.8. The molecule has 9 heteroatoms. The topological polar surface area (TPSA) is 125 Å². The lowest BCUT2D eigenvalue weighted by Gasteiger charge is -2.12. The first-order valence-electron chi connectivity index (χ1n) is 8.52. The number of methoxy groups -OCH3 is 1. The standard InChI is InChI=1S/C19H22N2O6S/c1-3-27-19(23)14-6-4-13(5-7-14)10-11-21-28(24,25)17-12-15(18(20)22)8-9-16(17)26-2/h4-9,12,21H,3,10-11H2,1-2H3,(H2,20,22).